The number of benzene rings is 10. The number of ether oxygens (including phenoxy) is 2. The number of sulfonamides is 2. The minimum atomic E-state index is -4.68. The van der Waals surface area contributed by atoms with E-state index in [0.717, 1.165) is 132 Å². The molecule has 147 heavy (non-hydrogen) atoms. The number of nitriles is 1. The molecule has 0 radical (unpaired) electrons. The number of hydrogen-bond donors (Lipinski definition) is 10. The zero-order chi connectivity index (χ0) is 112. The Morgan fingerprint density at radius 1 is 0.429 bits per heavy atom. The first kappa shape index (κ1) is 132. The van der Waals surface area contributed by atoms with Gasteiger partial charge in [0.2, 0.25) is 26.0 Å². The van der Waals surface area contributed by atoms with E-state index in [0.29, 0.717) is 60.1 Å². The number of nitrogens with one attached hydrogen (secondary N) is 5. The molecule has 0 heterocycles. The number of guanidine groups is 1. The first-order chi connectivity index (χ1) is 68.0. The van der Waals surface area contributed by atoms with Crippen molar-refractivity contribution in [3.05, 3.63) is 314 Å². The minimum Gasteiger partial charge on any atom is -0.406 e. The van der Waals surface area contributed by atoms with Crippen molar-refractivity contribution >= 4 is 84.2 Å². The average Bonchev–Trinajstić information content (AvgIpc) is 0.850. The zero-order valence-corrected chi connectivity index (χ0v) is 93.1. The number of primary amides is 2. The van der Waals surface area contributed by atoms with Crippen molar-refractivity contribution in [1.82, 2.24) is 20.9 Å². The molecule has 10 rings (SSSR count). The molecule has 0 saturated heterocycles. The van der Waals surface area contributed by atoms with E-state index < -0.39 is 44.8 Å². The molecular formula is C115H162ClF6N13O10S2. The minimum absolute atomic E-state index is 0.0303. The number of urea groups is 2. The summed E-state index contributed by atoms with van der Waals surface area (Å²) in [5, 5.41) is 23.7. The van der Waals surface area contributed by atoms with E-state index in [1.165, 1.54) is 57.6 Å². The van der Waals surface area contributed by atoms with E-state index in [-0.39, 0.29) is 50.0 Å². The van der Waals surface area contributed by atoms with Gasteiger partial charge in [0, 0.05) is 60.9 Å². The van der Waals surface area contributed by atoms with E-state index in [9.17, 15) is 62.4 Å². The fourth-order valence-corrected chi connectivity index (χ4v) is 15.5. The van der Waals surface area contributed by atoms with E-state index in [1.54, 1.807) is 68.6 Å². The maximum absolute atomic E-state index is 12.0. The van der Waals surface area contributed by atoms with Gasteiger partial charge in [0.25, 0.3) is 11.8 Å². The van der Waals surface area contributed by atoms with Crippen LogP contribution in [0.1, 0.15) is 234 Å². The summed E-state index contributed by atoms with van der Waals surface area (Å²) in [6, 6.07) is 71.0. The quantitative estimate of drug-likeness (QED) is 0.00520. The lowest BCUT2D eigenvalue weighted by atomic mass is 9.88. The summed E-state index contributed by atoms with van der Waals surface area (Å²) < 4.78 is 126. The normalized spacial score (nSPS) is 11.3. The third-order valence-corrected chi connectivity index (χ3v) is 21.2. The number of hydrogen-bond acceptors (Lipinski definition) is 13. The van der Waals surface area contributed by atoms with Gasteiger partial charge in [-0.25, -0.2) is 36.6 Å². The molecule has 0 spiro atoms. The molecule has 0 saturated carbocycles. The molecule has 6 amide bonds. The van der Waals surface area contributed by atoms with Crippen LogP contribution in [0.4, 0.5) is 58.7 Å². The molecular weight excluding hydrogens is 1940 g/mol. The molecule has 0 bridgehead atoms. The highest BCUT2D eigenvalue weighted by atomic mass is 35.5. The van der Waals surface area contributed by atoms with Crippen molar-refractivity contribution in [3.63, 3.8) is 0 Å². The van der Waals surface area contributed by atoms with Gasteiger partial charge in [-0.1, -0.05) is 285 Å². The van der Waals surface area contributed by atoms with Crippen LogP contribution >= 0.6 is 11.6 Å². The maximum Gasteiger partial charge on any atom is 0.573 e. The largest absolute Gasteiger partial charge is 0.573 e. The second-order valence-corrected chi connectivity index (χ2v) is 45.4. The summed E-state index contributed by atoms with van der Waals surface area (Å²) in [4.78, 5) is 50.0. The first-order valence-electron chi connectivity index (χ1n) is 48.9. The standard InChI is InChI=1S/C14H21NO.C13H19NO.C12H16N4.C12H18N2O.C11H12ClF3O.C11H13F3O.C11H16N2O.C11H17NO2S.C10H15NO2S.C10H15N/c1-14(2,3)10-11-6-8-12(9-7-11)13(16)15(4)5;1-13(2,3)9-10-5-7-11(8-6-10)12(15)14-4;1-9(2)6-10-4-3-5-11(7-10)16-12(14)15-8-13;1-9(2)6-10-4-3-5-11(7-10)8-14-12(13)15;1-7(2)3-8-4-9(12)6-10(5-8)16-11(13,14)15;1-8(2)7-9-3-5-10(6-4-9)15-11(12,13)14;1-8(2)6-9-4-3-5-10(7-9)13-11(12)14;1-9(2)7-10-5-4-6-11(8-10)12-15(3,13)14;1-8(2)6-9-4-3-5-10(7-9)14(11,12)13;1-8(2)7-9-3-5-10(11)6-4-9/h6-9H,10H2,1-5H3;5-8H,9H2,1-4H3,(H,14,15);3-5,7,9H,6H2,1-2H3,(H3,14,15,16);3-5,7,9H,6,8H2,1-2H3,(H3,13,14,15);4-7H,3H2,1-2H3;3-6,8H,7H2,1-2H3;3-5,7-8H,6H2,1-2H3,(H3,12,13,14);4-6,8-9,12H,7H2,1-3H3;3-5,7-8H,6H2,1-2H3,(H2,11,12,13);3-6,8H,7,11H2,1-2H3. The van der Waals surface area contributed by atoms with Crippen molar-refractivity contribution < 1.29 is 71.8 Å². The van der Waals surface area contributed by atoms with Crippen LogP contribution < -0.4 is 63.5 Å². The molecule has 0 fully saturated rings. The molecule has 15 N–H and O–H groups in total. The lowest BCUT2D eigenvalue weighted by Gasteiger charge is -2.18. The Morgan fingerprint density at radius 3 is 1.18 bits per heavy atom. The topological polar surface area (TPSA) is 385 Å². The van der Waals surface area contributed by atoms with Crippen molar-refractivity contribution in [2.75, 3.05) is 43.2 Å². The summed E-state index contributed by atoms with van der Waals surface area (Å²) in [7, 11) is -1.55. The number of rotatable bonds is 29. The van der Waals surface area contributed by atoms with Crippen LogP contribution in [-0.2, 0) is 90.8 Å². The molecule has 32 heteroatoms. The summed E-state index contributed by atoms with van der Waals surface area (Å²) in [6.45, 7) is 47.8. The molecule has 0 aliphatic rings. The Bertz CT molecular complexity index is 5870. The van der Waals surface area contributed by atoms with Gasteiger partial charge in [-0.2, -0.15) is 5.26 Å². The van der Waals surface area contributed by atoms with Gasteiger partial charge in [-0.3, -0.25) is 19.6 Å². The monoisotopic (exact) mass is 2100 g/mol. The van der Waals surface area contributed by atoms with Crippen LogP contribution in [0.3, 0.4) is 0 Å². The van der Waals surface area contributed by atoms with E-state index in [1.807, 2.05) is 153 Å². The van der Waals surface area contributed by atoms with Gasteiger partial charge in [0.15, 0.2) is 6.19 Å². The van der Waals surface area contributed by atoms with Crippen LogP contribution in [0, 0.1) is 69.6 Å². The lowest BCUT2D eigenvalue weighted by Crippen LogP contribution is -2.28. The summed E-state index contributed by atoms with van der Waals surface area (Å²) >= 11 is 5.71. The number of halogens is 7. The molecule has 10 aromatic carbocycles. The van der Waals surface area contributed by atoms with Crippen molar-refractivity contribution in [3.8, 4) is 17.7 Å². The maximum atomic E-state index is 12.0. The van der Waals surface area contributed by atoms with Gasteiger partial charge in [0.05, 0.1) is 16.8 Å². The van der Waals surface area contributed by atoms with Gasteiger partial charge in [0.1, 0.15) is 11.5 Å². The number of carbonyl (C=O) groups excluding carboxylic acids is 4. The third kappa shape index (κ3) is 69.2. The molecule has 10 aromatic rings. The van der Waals surface area contributed by atoms with Crippen LogP contribution in [0.15, 0.2) is 246 Å². The summed E-state index contributed by atoms with van der Waals surface area (Å²) in [6.07, 6.45) is 3.20. The number of nitrogens with two attached hydrogens (primary N) is 5. The molecule has 0 aliphatic heterocycles. The summed E-state index contributed by atoms with van der Waals surface area (Å²) in [5.41, 5.74) is 38.8. The molecule has 0 aromatic heterocycles. The Kier molecular flexibility index (Phi) is 59.9. The van der Waals surface area contributed by atoms with Crippen LogP contribution in [0.5, 0.6) is 11.5 Å². The number of nitrogen functional groups attached to an aromatic ring is 1. The Labute approximate surface area is 877 Å². The summed E-state index contributed by atoms with van der Waals surface area (Å²) in [5.74, 6) is 4.19. The van der Waals surface area contributed by atoms with E-state index >= 15 is 0 Å². The number of carbonyl (C=O) groups is 4. The highest BCUT2D eigenvalue weighted by Gasteiger charge is 2.32. The zero-order valence-electron chi connectivity index (χ0n) is 90.7. The van der Waals surface area contributed by atoms with Gasteiger partial charge in [-0.05, 0) is 299 Å². The smallest absolute Gasteiger partial charge is 0.406 e. The molecule has 808 valence electrons. The predicted molar refractivity (Wildman–Crippen MR) is 593 cm³/mol. The van der Waals surface area contributed by atoms with Crippen LogP contribution in [0.25, 0.3) is 0 Å². The van der Waals surface area contributed by atoms with Crippen molar-refractivity contribution in [2.24, 2.45) is 85.5 Å². The highest BCUT2D eigenvalue weighted by Crippen LogP contribution is 2.31. The lowest BCUT2D eigenvalue weighted by molar-refractivity contribution is -0.275. The number of primary sulfonamides is 1. The Hall–Kier alpha value is -12.6. The highest BCUT2D eigenvalue weighted by molar-refractivity contribution is 7.92. The number of nitrogens with zero attached hydrogens (tertiary/aromatic N) is 3. The van der Waals surface area contributed by atoms with Gasteiger partial charge in [-0.15, -0.1) is 26.3 Å². The fraction of sp³-hybridized carbons (Fsp3) is 0.426. The Morgan fingerprint density at radius 2 is 0.789 bits per heavy atom. The third-order valence-electron chi connectivity index (χ3n) is 19.4. The van der Waals surface area contributed by atoms with E-state index in [2.05, 4.69) is 209 Å². The molecule has 0 aliphatic carbocycles. The average molecular weight is 2100 g/mol. The molecule has 0 atom stereocenters. The van der Waals surface area contributed by atoms with Crippen LogP contribution in [-0.4, -0.2) is 91.7 Å². The SMILES string of the molecule is CC(C)Cc1cc(Cl)cc(OC(F)(F)F)c1.CC(C)Cc1ccc(N)cc1.CC(C)Cc1ccc(OC(F)(F)F)cc1.CC(C)Cc1cccc(CNC(N)=O)c1.CC(C)Cc1cccc(N=C(N)NC#N)c1.CC(C)Cc1cccc(NC(N)=O)c1.CC(C)Cc1cccc(NS(C)(=O)=O)c1.CC(C)Cc1cccc(S(N)(=O)=O)c1.CN(C)C(=O)c1ccc(CC(C)(C)C)cc1.CNC(=O)c1ccc(CC(C)(C)C)cc1. The number of alkyl halides is 6. The molecule has 23 nitrogen and oxygen atoms in total. The first-order valence-corrected chi connectivity index (χ1v) is 52.8. The number of amides is 6. The number of anilines is 3. The predicted octanol–water partition coefficient (Wildman–Crippen LogP) is 26.4. The molecule has 0 unspecified atom stereocenters. The van der Waals surface area contributed by atoms with Crippen molar-refractivity contribution in [1.29, 1.82) is 5.26 Å². The van der Waals surface area contributed by atoms with Crippen LogP contribution in [0.2, 0.25) is 5.02 Å². The van der Waals surface area contributed by atoms with Crippen molar-refractivity contribution in [2.45, 2.75) is 241 Å². The van der Waals surface area contributed by atoms with Gasteiger partial charge >= 0.3 is 24.8 Å². The van der Waals surface area contributed by atoms with E-state index in [4.69, 9.17) is 44.9 Å². The second-order valence-electron chi connectivity index (χ2n) is 41.6. The van der Waals surface area contributed by atoms with Gasteiger partial charge < -0.3 is 53.3 Å². The second kappa shape index (κ2) is 66.6. The fourth-order valence-electron chi connectivity index (χ4n) is 14.1. The number of aliphatic imine (C=N–C) groups is 1. The Balaban J connectivity index is 0.000000818.